The molecule has 0 aliphatic heterocycles. The van der Waals surface area contributed by atoms with Crippen LogP contribution in [0.5, 0.6) is 0 Å². The zero-order valence-electron chi connectivity index (χ0n) is 6.83. The third-order valence-corrected chi connectivity index (χ3v) is 3.60. The van der Waals surface area contributed by atoms with Gasteiger partial charge in [-0.15, -0.1) is 0 Å². The fraction of sp³-hybridized carbons (Fsp3) is 0.800. The topological polar surface area (TPSA) is 141 Å². The van der Waals surface area contributed by atoms with Gasteiger partial charge in [-0.25, -0.2) is 0 Å². The van der Waals surface area contributed by atoms with Crippen molar-refractivity contribution in [2.45, 2.75) is 0 Å². The van der Waals surface area contributed by atoms with Crippen LogP contribution in [0.25, 0.3) is 0 Å². The van der Waals surface area contributed by atoms with Crippen molar-refractivity contribution in [3.63, 3.8) is 0 Å². The standard InChI is InChI=1S/C4H12O4P.CH2O3/c5-1-9(2-6,3-7)4-8;2-1(3)4/h5-8H,1-4H2;(H2,2,3,4)/q+1;/p-1. The molecule has 0 radical (unpaired) electrons. The predicted molar refractivity (Wildman–Crippen MR) is 43.3 cm³/mol. The van der Waals surface area contributed by atoms with Crippen LogP contribution in [-0.4, -0.2) is 57.1 Å². The van der Waals surface area contributed by atoms with E-state index in [2.05, 4.69) is 0 Å². The second kappa shape index (κ2) is 8.15. The Kier molecular flexibility index (Phi) is 9.43. The monoisotopic (exact) mass is 216 g/mol. The highest BCUT2D eigenvalue weighted by molar-refractivity contribution is 7.75. The van der Waals surface area contributed by atoms with Crippen molar-refractivity contribution in [3.05, 3.63) is 0 Å². The van der Waals surface area contributed by atoms with Crippen LogP contribution < -0.4 is 5.11 Å². The molecular formula is C5H13O7P. The molecule has 5 N–H and O–H groups in total. The van der Waals surface area contributed by atoms with Gasteiger partial charge in [0.05, 0.1) is 0 Å². The summed E-state index contributed by atoms with van der Waals surface area (Å²) in [5.41, 5.74) is 0. The number of hydrogen-bond donors (Lipinski definition) is 5. The molecule has 7 nitrogen and oxygen atoms in total. The van der Waals surface area contributed by atoms with E-state index in [9.17, 15) is 0 Å². The average Bonchev–Trinajstić information content (AvgIpc) is 2.09. The number of carboxylic acid groups (broad SMARTS) is 2. The van der Waals surface area contributed by atoms with Crippen LogP contribution in [-0.2, 0) is 0 Å². The summed E-state index contributed by atoms with van der Waals surface area (Å²) >= 11 is 0. The van der Waals surface area contributed by atoms with E-state index in [1.54, 1.807) is 0 Å². The number of hydrogen-bond acceptors (Lipinski definition) is 6. The molecule has 0 aromatic heterocycles. The normalized spacial score (nSPS) is 10.2. The van der Waals surface area contributed by atoms with Crippen LogP contribution in [0.2, 0.25) is 0 Å². The SMILES string of the molecule is O=C([O-])O.OC[P+](CO)(CO)CO. The Bertz CT molecular complexity index is 113. The Morgan fingerprint density at radius 1 is 1.00 bits per heavy atom. The molecule has 0 heterocycles. The Balaban J connectivity index is 0. The first-order chi connectivity index (χ1) is 5.97. The molecule has 0 aliphatic carbocycles. The fourth-order valence-electron chi connectivity index (χ4n) is 0.268. The van der Waals surface area contributed by atoms with Crippen LogP contribution in [0.4, 0.5) is 4.79 Å². The first-order valence-corrected chi connectivity index (χ1v) is 5.69. The summed E-state index contributed by atoms with van der Waals surface area (Å²) in [6.07, 6.45) is -3.26. The number of aliphatic hydroxyl groups excluding tert-OH is 4. The van der Waals surface area contributed by atoms with E-state index in [0.717, 1.165) is 0 Å². The molecule has 13 heavy (non-hydrogen) atoms. The van der Waals surface area contributed by atoms with E-state index in [-0.39, 0.29) is 25.4 Å². The van der Waals surface area contributed by atoms with Crippen molar-refractivity contribution in [1.29, 1.82) is 0 Å². The molecule has 0 bridgehead atoms. The van der Waals surface area contributed by atoms with Gasteiger partial charge in [-0.3, -0.25) is 0 Å². The molecule has 0 amide bonds. The summed E-state index contributed by atoms with van der Waals surface area (Å²) in [5.74, 6) is 0. The van der Waals surface area contributed by atoms with Gasteiger partial charge in [-0.05, 0) is 0 Å². The van der Waals surface area contributed by atoms with Crippen molar-refractivity contribution < 1.29 is 35.4 Å². The summed E-state index contributed by atoms with van der Waals surface area (Å²) in [7, 11) is -2.20. The quantitative estimate of drug-likeness (QED) is 0.332. The molecule has 0 fully saturated rings. The first-order valence-electron chi connectivity index (χ1n) is 3.16. The summed E-state index contributed by atoms with van der Waals surface area (Å²) in [6, 6.07) is 0. The molecule has 0 aromatic rings. The predicted octanol–water partition coefficient (Wildman–Crippen LogP) is -2.31. The van der Waals surface area contributed by atoms with E-state index in [1.807, 2.05) is 0 Å². The first kappa shape index (κ1) is 15.0. The van der Waals surface area contributed by atoms with Gasteiger partial charge in [0.25, 0.3) is 0 Å². The lowest BCUT2D eigenvalue weighted by Crippen LogP contribution is -2.17. The third kappa shape index (κ3) is 7.89. The maximum Gasteiger partial charge on any atom is 0.249 e. The second-order valence-electron chi connectivity index (χ2n) is 2.17. The molecule has 0 saturated heterocycles. The van der Waals surface area contributed by atoms with Gasteiger partial charge >= 0.3 is 0 Å². The molecule has 80 valence electrons. The highest BCUT2D eigenvalue weighted by Gasteiger charge is 2.34. The lowest BCUT2D eigenvalue weighted by atomic mass is 11.5. The summed E-state index contributed by atoms with van der Waals surface area (Å²) in [4.78, 5) is 8.44. The maximum absolute atomic E-state index is 8.55. The van der Waals surface area contributed by atoms with Gasteiger partial charge < -0.3 is 35.4 Å². The van der Waals surface area contributed by atoms with Gasteiger partial charge in [0.1, 0.15) is 7.26 Å². The summed E-state index contributed by atoms with van der Waals surface area (Å²) in [5, 5.41) is 49.5. The van der Waals surface area contributed by atoms with Gasteiger partial charge in [0, 0.05) is 0 Å². The molecule has 0 aromatic carbocycles. The van der Waals surface area contributed by atoms with Crippen molar-refractivity contribution >= 4 is 13.4 Å². The largest absolute Gasteiger partial charge is 0.565 e. The highest BCUT2D eigenvalue weighted by atomic mass is 31.2. The molecule has 0 rings (SSSR count). The van der Waals surface area contributed by atoms with Crippen molar-refractivity contribution in [1.82, 2.24) is 0 Å². The van der Waals surface area contributed by atoms with E-state index < -0.39 is 13.4 Å². The number of aliphatic hydroxyl groups is 4. The van der Waals surface area contributed by atoms with Gasteiger partial charge in [-0.2, -0.15) is 0 Å². The summed E-state index contributed by atoms with van der Waals surface area (Å²) in [6.45, 7) is 0. The van der Waals surface area contributed by atoms with E-state index in [1.165, 1.54) is 0 Å². The molecule has 0 aliphatic rings. The van der Waals surface area contributed by atoms with Crippen molar-refractivity contribution in [2.24, 2.45) is 0 Å². The Hall–Kier alpha value is -0.460. The van der Waals surface area contributed by atoms with Gasteiger partial charge in [0.2, 0.25) is 6.16 Å². The summed E-state index contributed by atoms with van der Waals surface area (Å²) < 4.78 is 0. The minimum Gasteiger partial charge on any atom is -0.565 e. The average molecular weight is 216 g/mol. The van der Waals surface area contributed by atoms with Crippen molar-refractivity contribution in [3.8, 4) is 0 Å². The Morgan fingerprint density at radius 2 is 1.15 bits per heavy atom. The van der Waals surface area contributed by atoms with Crippen LogP contribution in [0, 0.1) is 0 Å². The minimum atomic E-state index is -2.20. The lowest BCUT2D eigenvalue weighted by Gasteiger charge is -2.15. The Labute approximate surface area is 75.2 Å². The van der Waals surface area contributed by atoms with Crippen LogP contribution in [0.15, 0.2) is 0 Å². The lowest BCUT2D eigenvalue weighted by molar-refractivity contribution is -0.275. The van der Waals surface area contributed by atoms with Crippen LogP contribution >= 0.6 is 7.26 Å². The van der Waals surface area contributed by atoms with Crippen LogP contribution in [0.3, 0.4) is 0 Å². The Morgan fingerprint density at radius 3 is 1.15 bits per heavy atom. The van der Waals surface area contributed by atoms with Crippen molar-refractivity contribution in [2.75, 3.05) is 25.4 Å². The minimum absolute atomic E-state index is 0.295. The smallest absolute Gasteiger partial charge is 0.249 e. The van der Waals surface area contributed by atoms with E-state index in [4.69, 9.17) is 35.4 Å². The molecule has 0 atom stereocenters. The zero-order valence-corrected chi connectivity index (χ0v) is 7.72. The molecule has 0 saturated carbocycles. The molecule has 0 unspecified atom stereocenters. The molecule has 0 spiro atoms. The van der Waals surface area contributed by atoms with E-state index in [0.29, 0.717) is 0 Å². The molecular weight excluding hydrogens is 203 g/mol. The second-order valence-corrected chi connectivity index (χ2v) is 5.99. The fourth-order valence-corrected chi connectivity index (χ4v) is 0.805. The van der Waals surface area contributed by atoms with Gasteiger partial charge in [-0.1, -0.05) is 0 Å². The van der Waals surface area contributed by atoms with Gasteiger partial charge in [0.15, 0.2) is 25.4 Å². The maximum atomic E-state index is 8.55. The zero-order chi connectivity index (χ0) is 10.9. The number of rotatable bonds is 4. The van der Waals surface area contributed by atoms with Crippen LogP contribution in [0.1, 0.15) is 0 Å². The number of carbonyl (C=O) groups is 1. The third-order valence-electron chi connectivity index (χ3n) is 1.20. The highest BCUT2D eigenvalue weighted by Crippen LogP contribution is 2.54. The van der Waals surface area contributed by atoms with E-state index >= 15 is 0 Å². The molecule has 8 heteroatoms.